The maximum Gasteiger partial charge on any atom is 0.0599 e. The highest BCUT2D eigenvalue weighted by atomic mass is 16.3. The van der Waals surface area contributed by atoms with Crippen molar-refractivity contribution in [1.29, 1.82) is 0 Å². The van der Waals surface area contributed by atoms with Crippen molar-refractivity contribution in [2.24, 2.45) is 23.2 Å². The van der Waals surface area contributed by atoms with Crippen LogP contribution in [0.5, 0.6) is 0 Å². The molecule has 0 spiro atoms. The summed E-state index contributed by atoms with van der Waals surface area (Å²) in [5.74, 6) is 2.04. The monoisotopic (exact) mass is 154 g/mol. The minimum Gasteiger partial charge on any atom is -0.393 e. The Balaban J connectivity index is 2.17. The molecule has 64 valence electrons. The molecule has 0 saturated heterocycles. The first kappa shape index (κ1) is 7.60. The van der Waals surface area contributed by atoms with E-state index in [0.717, 1.165) is 5.92 Å². The van der Waals surface area contributed by atoms with Crippen molar-refractivity contribution in [3.63, 3.8) is 0 Å². The van der Waals surface area contributed by atoms with Gasteiger partial charge in [-0.25, -0.2) is 0 Å². The maximum absolute atomic E-state index is 9.82. The number of rotatable bonds is 0. The van der Waals surface area contributed by atoms with Gasteiger partial charge in [0.2, 0.25) is 0 Å². The van der Waals surface area contributed by atoms with Gasteiger partial charge >= 0.3 is 0 Å². The molecule has 3 aliphatic rings. The van der Waals surface area contributed by atoms with Gasteiger partial charge in [0.1, 0.15) is 0 Å². The lowest BCUT2D eigenvalue weighted by Gasteiger charge is -2.60. The van der Waals surface area contributed by atoms with E-state index >= 15 is 0 Å². The van der Waals surface area contributed by atoms with Gasteiger partial charge in [0.05, 0.1) is 6.10 Å². The van der Waals surface area contributed by atoms with Crippen molar-refractivity contribution in [2.45, 2.75) is 39.7 Å². The zero-order chi connectivity index (χ0) is 8.22. The maximum atomic E-state index is 9.82. The zero-order valence-electron chi connectivity index (χ0n) is 7.67. The Morgan fingerprint density at radius 3 is 2.27 bits per heavy atom. The minimum atomic E-state index is -0.0185. The largest absolute Gasteiger partial charge is 0.393 e. The van der Waals surface area contributed by atoms with Gasteiger partial charge in [-0.3, -0.25) is 0 Å². The van der Waals surface area contributed by atoms with Crippen LogP contribution in [-0.2, 0) is 0 Å². The predicted molar refractivity (Wildman–Crippen MR) is 45.2 cm³/mol. The molecule has 3 fully saturated rings. The summed E-state index contributed by atoms with van der Waals surface area (Å²) in [6, 6.07) is 0. The summed E-state index contributed by atoms with van der Waals surface area (Å²) >= 11 is 0. The van der Waals surface area contributed by atoms with E-state index in [2.05, 4.69) is 20.8 Å². The second-order valence-electron chi connectivity index (χ2n) is 5.06. The molecule has 0 heterocycles. The Kier molecular flexibility index (Phi) is 1.39. The molecule has 0 radical (unpaired) electrons. The third-order valence-corrected chi connectivity index (χ3v) is 4.20. The van der Waals surface area contributed by atoms with Crippen LogP contribution in [0.2, 0.25) is 0 Å². The van der Waals surface area contributed by atoms with Gasteiger partial charge in [-0.1, -0.05) is 20.8 Å². The van der Waals surface area contributed by atoms with Gasteiger partial charge in [0.25, 0.3) is 0 Å². The number of hydrogen-bond donors (Lipinski definition) is 1. The third kappa shape index (κ3) is 0.807. The predicted octanol–water partition coefficient (Wildman–Crippen LogP) is 2.05. The molecule has 0 aliphatic heterocycles. The van der Waals surface area contributed by atoms with E-state index < -0.39 is 0 Å². The van der Waals surface area contributed by atoms with Crippen molar-refractivity contribution in [3.05, 3.63) is 0 Å². The van der Waals surface area contributed by atoms with Crippen LogP contribution in [0, 0.1) is 23.2 Å². The van der Waals surface area contributed by atoms with E-state index in [-0.39, 0.29) is 6.10 Å². The minimum absolute atomic E-state index is 0.0185. The first-order valence-electron chi connectivity index (χ1n) is 4.71. The van der Waals surface area contributed by atoms with Gasteiger partial charge in [0.15, 0.2) is 0 Å². The molecule has 2 bridgehead atoms. The summed E-state index contributed by atoms with van der Waals surface area (Å²) in [4.78, 5) is 0. The summed E-state index contributed by atoms with van der Waals surface area (Å²) in [5.41, 5.74) is 0.436. The van der Waals surface area contributed by atoms with Crippen LogP contribution in [0.1, 0.15) is 33.6 Å². The molecule has 0 aromatic heterocycles. The highest BCUT2D eigenvalue weighted by molar-refractivity contribution is 5.05. The average molecular weight is 154 g/mol. The zero-order valence-corrected chi connectivity index (χ0v) is 7.67. The van der Waals surface area contributed by atoms with Gasteiger partial charge in [-0.15, -0.1) is 0 Å². The van der Waals surface area contributed by atoms with Crippen LogP contribution in [-0.4, -0.2) is 11.2 Å². The SMILES string of the molecule is CC1CC2CC(C1O)C2(C)C. The Morgan fingerprint density at radius 1 is 1.27 bits per heavy atom. The first-order chi connectivity index (χ1) is 5.03. The van der Waals surface area contributed by atoms with Crippen molar-refractivity contribution in [3.8, 4) is 0 Å². The molecule has 1 N–H and O–H groups in total. The van der Waals surface area contributed by atoms with Gasteiger partial charge < -0.3 is 5.11 Å². The third-order valence-electron chi connectivity index (χ3n) is 4.20. The lowest BCUT2D eigenvalue weighted by Crippen LogP contribution is -2.57. The van der Waals surface area contributed by atoms with Crippen molar-refractivity contribution in [2.75, 3.05) is 0 Å². The molecule has 0 aromatic rings. The Labute approximate surface area is 68.8 Å². The highest BCUT2D eigenvalue weighted by Crippen LogP contribution is 2.60. The molecular formula is C10H18O. The molecule has 1 nitrogen and oxygen atoms in total. The van der Waals surface area contributed by atoms with Gasteiger partial charge in [-0.2, -0.15) is 0 Å². The molecule has 0 amide bonds. The molecule has 4 unspecified atom stereocenters. The van der Waals surface area contributed by atoms with Gasteiger partial charge in [0, 0.05) is 0 Å². The van der Waals surface area contributed by atoms with E-state index in [0.29, 0.717) is 17.3 Å². The van der Waals surface area contributed by atoms with Crippen molar-refractivity contribution in [1.82, 2.24) is 0 Å². The average Bonchev–Trinajstić information content (AvgIpc) is 1.93. The number of fused-ring (bicyclic) bond motifs is 2. The molecule has 0 aromatic carbocycles. The second-order valence-corrected chi connectivity index (χ2v) is 5.06. The molecule has 1 heteroatoms. The highest BCUT2D eigenvalue weighted by Gasteiger charge is 2.56. The molecule has 3 rings (SSSR count). The van der Waals surface area contributed by atoms with Crippen molar-refractivity contribution < 1.29 is 5.11 Å². The van der Waals surface area contributed by atoms with Crippen LogP contribution in [0.25, 0.3) is 0 Å². The lowest BCUT2D eigenvalue weighted by atomic mass is 9.46. The molecule has 4 atom stereocenters. The Bertz CT molecular complexity index is 174. The number of aliphatic hydroxyl groups excluding tert-OH is 1. The summed E-state index contributed by atoms with van der Waals surface area (Å²) in [5, 5.41) is 9.82. The fourth-order valence-corrected chi connectivity index (χ4v) is 3.02. The first-order valence-corrected chi connectivity index (χ1v) is 4.71. The quantitative estimate of drug-likeness (QED) is 0.566. The molecule has 3 saturated carbocycles. The van der Waals surface area contributed by atoms with Crippen LogP contribution in [0.15, 0.2) is 0 Å². The number of aliphatic hydroxyl groups is 1. The van der Waals surface area contributed by atoms with E-state index in [4.69, 9.17) is 0 Å². The topological polar surface area (TPSA) is 20.2 Å². The fourth-order valence-electron chi connectivity index (χ4n) is 3.02. The molecule has 11 heavy (non-hydrogen) atoms. The van der Waals surface area contributed by atoms with Crippen LogP contribution in [0.3, 0.4) is 0 Å². The van der Waals surface area contributed by atoms with E-state index in [1.807, 2.05) is 0 Å². The normalized spacial score (nSPS) is 53.5. The number of hydrogen-bond acceptors (Lipinski definition) is 1. The van der Waals surface area contributed by atoms with Crippen LogP contribution >= 0.6 is 0 Å². The van der Waals surface area contributed by atoms with Gasteiger partial charge in [-0.05, 0) is 36.0 Å². The summed E-state index contributed by atoms with van der Waals surface area (Å²) < 4.78 is 0. The Hall–Kier alpha value is -0.0400. The smallest absolute Gasteiger partial charge is 0.0599 e. The fraction of sp³-hybridized carbons (Fsp3) is 1.00. The molecule has 3 aliphatic carbocycles. The summed E-state index contributed by atoms with van der Waals surface area (Å²) in [6.07, 6.45) is 2.50. The van der Waals surface area contributed by atoms with E-state index in [9.17, 15) is 5.11 Å². The van der Waals surface area contributed by atoms with Crippen LogP contribution in [0.4, 0.5) is 0 Å². The van der Waals surface area contributed by atoms with Crippen LogP contribution < -0.4 is 0 Å². The standard InChI is InChI=1S/C10H18O/c1-6-4-7-5-8(9(6)11)10(7,2)3/h6-9,11H,4-5H2,1-3H3. The second kappa shape index (κ2) is 2.01. The van der Waals surface area contributed by atoms with E-state index in [1.54, 1.807) is 0 Å². The van der Waals surface area contributed by atoms with E-state index in [1.165, 1.54) is 12.8 Å². The summed E-state index contributed by atoms with van der Waals surface area (Å²) in [7, 11) is 0. The summed E-state index contributed by atoms with van der Waals surface area (Å²) in [6.45, 7) is 6.79. The lowest BCUT2D eigenvalue weighted by molar-refractivity contribution is -0.165. The Morgan fingerprint density at radius 2 is 1.91 bits per heavy atom. The van der Waals surface area contributed by atoms with Crippen molar-refractivity contribution >= 4 is 0 Å². The molecular weight excluding hydrogens is 136 g/mol.